The van der Waals surface area contributed by atoms with Crippen molar-refractivity contribution in [2.75, 3.05) is 0 Å². The Labute approximate surface area is 330 Å². The average molecular weight is 893 g/mol. The van der Waals surface area contributed by atoms with Crippen molar-refractivity contribution in [3.05, 3.63) is 151 Å². The van der Waals surface area contributed by atoms with Crippen molar-refractivity contribution in [1.82, 2.24) is 33.3 Å². The van der Waals surface area contributed by atoms with Crippen LogP contribution in [0.3, 0.4) is 0 Å². The van der Waals surface area contributed by atoms with Gasteiger partial charge >= 0.3 is 21.1 Å². The van der Waals surface area contributed by atoms with Crippen molar-refractivity contribution in [2.24, 2.45) is 0 Å². The smallest absolute Gasteiger partial charge is 0.458 e. The van der Waals surface area contributed by atoms with Gasteiger partial charge in [-0.2, -0.15) is 29.2 Å². The molecule has 0 aliphatic carbocycles. The van der Waals surface area contributed by atoms with E-state index in [1.807, 2.05) is 65.4 Å². The molecule has 11 rings (SSSR count). The molecule has 0 bridgehead atoms. The van der Waals surface area contributed by atoms with E-state index in [0.29, 0.717) is 17.3 Å². The Hall–Kier alpha value is -6.37. The number of imidazole rings is 3. The summed E-state index contributed by atoms with van der Waals surface area (Å²) in [6.07, 6.45) is 1.96. The molecule has 55 heavy (non-hydrogen) atoms. The van der Waals surface area contributed by atoms with Crippen LogP contribution in [0.15, 0.2) is 134 Å². The van der Waals surface area contributed by atoms with Crippen LogP contribution in [-0.2, 0) is 26.5 Å². The van der Waals surface area contributed by atoms with Gasteiger partial charge in [0.05, 0.1) is 33.3 Å². The number of benzene rings is 5. The van der Waals surface area contributed by atoms with E-state index in [2.05, 4.69) is 115 Å². The van der Waals surface area contributed by atoms with Gasteiger partial charge in [-0.3, -0.25) is 13.4 Å². The Morgan fingerprint density at radius 2 is 1.36 bits per heavy atom. The number of fused-ring (bicyclic) bond motifs is 13. The Bertz CT molecular complexity index is 3280. The Balaban J connectivity index is 0.00000372. The van der Waals surface area contributed by atoms with E-state index < -0.39 is 0 Å². The third-order valence-corrected chi connectivity index (χ3v) is 10.3. The first-order valence-electron chi connectivity index (χ1n) is 18.0. The molecule has 0 unspecified atom stereocenters. The predicted molar refractivity (Wildman–Crippen MR) is 215 cm³/mol. The molecule has 0 aliphatic rings. The molecular formula is C46H31N7OPt. The zero-order valence-electron chi connectivity index (χ0n) is 30.1. The van der Waals surface area contributed by atoms with Crippen LogP contribution in [-0.4, -0.2) is 33.3 Å². The fourth-order valence-corrected chi connectivity index (χ4v) is 7.71. The van der Waals surface area contributed by atoms with E-state index in [-0.39, 0.29) is 26.5 Å². The molecule has 0 fully saturated rings. The molecule has 0 amide bonds. The first kappa shape index (κ1) is 33.2. The molecular weight excluding hydrogens is 862 g/mol. The zero-order chi connectivity index (χ0) is 36.1. The molecule has 0 spiro atoms. The summed E-state index contributed by atoms with van der Waals surface area (Å²) < 4.78 is 13.4. The van der Waals surface area contributed by atoms with Crippen molar-refractivity contribution >= 4 is 66.3 Å². The van der Waals surface area contributed by atoms with Gasteiger partial charge in [-0.05, 0) is 63.8 Å². The number of rotatable bonds is 4. The summed E-state index contributed by atoms with van der Waals surface area (Å²) in [6.45, 7) is 6.58. The largest absolute Gasteiger partial charge is 2.00 e. The maximum Gasteiger partial charge on any atom is 2.00 e. The van der Waals surface area contributed by atoms with E-state index >= 15 is 0 Å². The third kappa shape index (κ3) is 5.09. The molecule has 266 valence electrons. The van der Waals surface area contributed by atoms with Gasteiger partial charge in [0, 0.05) is 17.8 Å². The summed E-state index contributed by atoms with van der Waals surface area (Å²) >= 11 is 0. The third-order valence-electron chi connectivity index (χ3n) is 10.3. The number of para-hydroxylation sites is 6. The number of hydrogen-bond donors (Lipinski definition) is 0. The molecule has 0 atom stereocenters. The molecule has 0 saturated heterocycles. The molecule has 0 aliphatic heterocycles. The van der Waals surface area contributed by atoms with E-state index in [0.717, 1.165) is 83.2 Å². The van der Waals surface area contributed by atoms with Crippen LogP contribution in [0.4, 0.5) is 0 Å². The molecule has 6 heterocycles. The standard InChI is InChI=1S/C46H31N7O.Pt/c1-46(2,3)29-21-22-33(47-27-29)28-25-32-42(31-15-7-10-18-36(31)52-37-19-11-8-16-34(37)48-43(32)52)40(26-28)54-41-24-23-39-44(50-41)51(30-13-5-4-6-14-30)45-49-35-17-9-12-20-38(35)53(39)45;/h4-13,15-25,27H,1-3H3;/q-2;+2. The number of nitrogens with zero attached hydrogens (tertiary/aromatic N) is 7. The minimum atomic E-state index is -0.0265. The maximum atomic E-state index is 6.94. The second-order valence-electron chi connectivity index (χ2n) is 14.7. The Morgan fingerprint density at radius 3 is 2.11 bits per heavy atom. The van der Waals surface area contributed by atoms with Gasteiger partial charge in [0.1, 0.15) is 5.65 Å². The van der Waals surface area contributed by atoms with Crippen molar-refractivity contribution in [3.8, 4) is 28.6 Å². The van der Waals surface area contributed by atoms with Crippen LogP contribution in [0.5, 0.6) is 11.6 Å². The summed E-state index contributed by atoms with van der Waals surface area (Å²) in [5.41, 5.74) is 10.9. The zero-order valence-corrected chi connectivity index (χ0v) is 32.3. The van der Waals surface area contributed by atoms with Gasteiger partial charge in [0.2, 0.25) is 11.7 Å². The number of pyridine rings is 3. The molecule has 11 aromatic rings. The fraction of sp³-hybridized carbons (Fsp3) is 0.0870. The topological polar surface area (TPSA) is 74.5 Å². The molecule has 8 nitrogen and oxygen atoms in total. The second-order valence-corrected chi connectivity index (χ2v) is 14.7. The Kier molecular flexibility index (Phi) is 7.45. The first-order chi connectivity index (χ1) is 26.4. The second kappa shape index (κ2) is 12.3. The molecule has 0 radical (unpaired) electrons. The molecule has 0 saturated carbocycles. The average Bonchev–Trinajstić information content (AvgIpc) is 3.87. The summed E-state index contributed by atoms with van der Waals surface area (Å²) in [5.74, 6) is 1.72. The van der Waals surface area contributed by atoms with Crippen LogP contribution in [0.1, 0.15) is 26.3 Å². The number of aromatic nitrogens is 7. The van der Waals surface area contributed by atoms with Gasteiger partial charge < -0.3 is 9.72 Å². The van der Waals surface area contributed by atoms with Crippen molar-refractivity contribution in [3.63, 3.8) is 0 Å². The monoisotopic (exact) mass is 892 g/mol. The fourth-order valence-electron chi connectivity index (χ4n) is 7.71. The maximum absolute atomic E-state index is 6.94. The van der Waals surface area contributed by atoms with E-state index in [1.165, 1.54) is 0 Å². The van der Waals surface area contributed by atoms with Crippen molar-refractivity contribution in [2.45, 2.75) is 26.2 Å². The summed E-state index contributed by atoms with van der Waals surface area (Å²) in [4.78, 5) is 20.4. The molecule has 9 heteroatoms. The summed E-state index contributed by atoms with van der Waals surface area (Å²) in [6, 6.07) is 50.0. The van der Waals surface area contributed by atoms with Gasteiger partial charge in [-0.1, -0.05) is 92.5 Å². The predicted octanol–water partition coefficient (Wildman–Crippen LogP) is 10.7. The summed E-state index contributed by atoms with van der Waals surface area (Å²) in [7, 11) is 0. The molecule has 5 aromatic carbocycles. The van der Waals surface area contributed by atoms with Crippen LogP contribution in [0, 0.1) is 12.1 Å². The number of hydrogen-bond acceptors (Lipinski definition) is 5. The minimum Gasteiger partial charge on any atom is -0.458 e. The van der Waals surface area contributed by atoms with Crippen molar-refractivity contribution < 1.29 is 25.8 Å². The van der Waals surface area contributed by atoms with Gasteiger partial charge in [0.15, 0.2) is 5.65 Å². The molecule has 6 aromatic heterocycles. The van der Waals surface area contributed by atoms with Crippen LogP contribution in [0.2, 0.25) is 0 Å². The van der Waals surface area contributed by atoms with Gasteiger partial charge in [-0.15, -0.1) is 17.7 Å². The normalized spacial score (nSPS) is 12.1. The SMILES string of the molecule is CC(C)(C)c1ccc(-c2[c-]c(Oc3ccc4c(n3)n(-c3[c-]cccc3)c3nc5ccccc5n43)c3c4ccccc4n4c5ccccc5nc4c3c2)nc1.[Pt+2]. The van der Waals surface area contributed by atoms with Gasteiger partial charge in [0.25, 0.3) is 0 Å². The van der Waals surface area contributed by atoms with E-state index in [4.69, 9.17) is 24.7 Å². The van der Waals surface area contributed by atoms with Crippen LogP contribution < -0.4 is 4.74 Å². The number of ether oxygens (including phenoxy) is 1. The van der Waals surface area contributed by atoms with E-state index in [9.17, 15) is 0 Å². The molecule has 0 N–H and O–H groups in total. The van der Waals surface area contributed by atoms with Gasteiger partial charge in [-0.25, -0.2) is 9.97 Å². The van der Waals surface area contributed by atoms with E-state index in [1.54, 1.807) is 0 Å². The summed E-state index contributed by atoms with van der Waals surface area (Å²) in [5, 5.41) is 2.85. The Morgan fingerprint density at radius 1 is 0.636 bits per heavy atom. The van der Waals surface area contributed by atoms with Crippen LogP contribution in [0.25, 0.3) is 83.3 Å². The minimum absolute atomic E-state index is 0. The van der Waals surface area contributed by atoms with Crippen LogP contribution >= 0.6 is 0 Å². The van der Waals surface area contributed by atoms with Crippen molar-refractivity contribution in [1.29, 1.82) is 0 Å². The quantitative estimate of drug-likeness (QED) is 0.130. The first-order valence-corrected chi connectivity index (χ1v) is 18.0.